The molecule has 1 saturated heterocycles. The van der Waals surface area contributed by atoms with E-state index < -0.39 is 42.7 Å². The van der Waals surface area contributed by atoms with Crippen LogP contribution in [0.1, 0.15) is 44.2 Å². The largest absolute Gasteiger partial charge is 0.457 e. The number of ether oxygens (including phenoxy) is 1. The minimum atomic E-state index is -4.69. The normalized spacial score (nSPS) is 17.5. The fraction of sp³-hybridized carbons (Fsp3) is 0.400. The zero-order chi connectivity index (χ0) is 36.0. The summed E-state index contributed by atoms with van der Waals surface area (Å²) in [5.41, 5.74) is 0.130. The number of pyridine rings is 1. The minimum absolute atomic E-state index is 0.0121. The number of nitrogens with one attached hydrogen (secondary N) is 1. The third kappa shape index (κ3) is 7.58. The molecule has 0 radical (unpaired) electrons. The summed E-state index contributed by atoms with van der Waals surface area (Å²) >= 11 is 0. The molecule has 1 N–H and O–H groups in total. The van der Waals surface area contributed by atoms with Crippen LogP contribution >= 0.6 is 0 Å². The molecule has 0 bridgehead atoms. The van der Waals surface area contributed by atoms with Crippen molar-refractivity contribution in [1.29, 1.82) is 0 Å². The van der Waals surface area contributed by atoms with Crippen molar-refractivity contribution in [2.24, 2.45) is 0 Å². The molecule has 1 atom stereocenters. The van der Waals surface area contributed by atoms with Gasteiger partial charge < -0.3 is 24.4 Å². The molecule has 6 rings (SSSR count). The van der Waals surface area contributed by atoms with Crippen LogP contribution in [0, 0.1) is 0 Å². The Labute approximate surface area is 284 Å². The van der Waals surface area contributed by atoms with Crippen LogP contribution in [0.15, 0.2) is 54.7 Å². The number of piperazine rings is 1. The Morgan fingerprint density at radius 2 is 1.72 bits per heavy atom. The third-order valence-corrected chi connectivity index (χ3v) is 9.18. The van der Waals surface area contributed by atoms with Gasteiger partial charge in [0.2, 0.25) is 5.91 Å². The van der Waals surface area contributed by atoms with Crippen molar-refractivity contribution in [1.82, 2.24) is 29.6 Å². The lowest BCUT2D eigenvalue weighted by atomic mass is 9.88. The van der Waals surface area contributed by atoms with Gasteiger partial charge in [0, 0.05) is 66.1 Å². The molecule has 4 aromatic rings. The van der Waals surface area contributed by atoms with Gasteiger partial charge in [-0.25, -0.2) is 4.98 Å². The van der Waals surface area contributed by atoms with Gasteiger partial charge in [-0.2, -0.15) is 26.3 Å². The zero-order valence-electron chi connectivity index (χ0n) is 27.7. The number of carbonyl (C=O) groups is 2. The Hall–Kier alpha value is -4.63. The lowest BCUT2D eigenvalue weighted by Crippen LogP contribution is -2.44. The number of aromatic amines is 1. The summed E-state index contributed by atoms with van der Waals surface area (Å²) in [6, 6.07) is 11.0. The highest BCUT2D eigenvalue weighted by molar-refractivity contribution is 5.98. The molecular formula is C35H36F6N6O3. The summed E-state index contributed by atoms with van der Waals surface area (Å²) in [6.07, 6.45) is -8.40. The Kier molecular flexibility index (Phi) is 9.57. The van der Waals surface area contributed by atoms with E-state index in [1.54, 1.807) is 26.2 Å². The second kappa shape index (κ2) is 13.6. The Morgan fingerprint density at radius 1 is 0.980 bits per heavy atom. The monoisotopic (exact) mass is 702 g/mol. The van der Waals surface area contributed by atoms with Crippen LogP contribution in [-0.2, 0) is 30.5 Å². The highest BCUT2D eigenvalue weighted by atomic mass is 19.4. The molecule has 1 unspecified atom stereocenters. The van der Waals surface area contributed by atoms with E-state index in [4.69, 9.17) is 4.74 Å². The molecule has 0 saturated carbocycles. The van der Waals surface area contributed by atoms with E-state index in [0.717, 1.165) is 24.1 Å². The average molecular weight is 703 g/mol. The number of alkyl halides is 6. The summed E-state index contributed by atoms with van der Waals surface area (Å²) in [5, 5.41) is 0.480. The number of fused-ring (bicyclic) bond motifs is 2. The van der Waals surface area contributed by atoms with Crippen LogP contribution in [0.5, 0.6) is 11.5 Å². The van der Waals surface area contributed by atoms with Gasteiger partial charge in [-0.05, 0) is 59.6 Å². The number of H-pyrrole nitrogens is 1. The molecular weight excluding hydrogens is 666 g/mol. The number of benzene rings is 2. The highest BCUT2D eigenvalue weighted by Gasteiger charge is 2.46. The fourth-order valence-electron chi connectivity index (χ4n) is 6.42. The van der Waals surface area contributed by atoms with Crippen molar-refractivity contribution >= 4 is 22.8 Å². The van der Waals surface area contributed by atoms with Gasteiger partial charge in [-0.3, -0.25) is 14.5 Å². The molecule has 266 valence electrons. The quantitative estimate of drug-likeness (QED) is 0.236. The Morgan fingerprint density at radius 3 is 2.40 bits per heavy atom. The van der Waals surface area contributed by atoms with E-state index in [-0.39, 0.29) is 52.7 Å². The summed E-state index contributed by atoms with van der Waals surface area (Å²) < 4.78 is 91.5. The van der Waals surface area contributed by atoms with Gasteiger partial charge in [0.1, 0.15) is 22.8 Å². The van der Waals surface area contributed by atoms with Crippen LogP contribution < -0.4 is 4.74 Å². The molecule has 15 heteroatoms. The fourth-order valence-corrected chi connectivity index (χ4v) is 6.42. The topological polar surface area (TPSA) is 85.0 Å². The van der Waals surface area contributed by atoms with Gasteiger partial charge in [0.25, 0.3) is 5.91 Å². The molecule has 2 amide bonds. The van der Waals surface area contributed by atoms with Crippen molar-refractivity contribution in [3.05, 3.63) is 88.2 Å². The lowest BCUT2D eigenvalue weighted by Gasteiger charge is -2.36. The highest BCUT2D eigenvalue weighted by Crippen LogP contribution is 2.42. The van der Waals surface area contributed by atoms with Crippen LogP contribution in [0.2, 0.25) is 0 Å². The summed E-state index contributed by atoms with van der Waals surface area (Å²) in [6.45, 7) is 1.95. The van der Waals surface area contributed by atoms with E-state index in [0.29, 0.717) is 29.9 Å². The first-order valence-electron chi connectivity index (χ1n) is 16.0. The molecule has 0 aliphatic carbocycles. The second-order valence-corrected chi connectivity index (χ2v) is 13.0. The van der Waals surface area contributed by atoms with Gasteiger partial charge in [0.05, 0.1) is 23.3 Å². The van der Waals surface area contributed by atoms with E-state index in [9.17, 15) is 35.9 Å². The third-order valence-electron chi connectivity index (χ3n) is 9.18. The lowest BCUT2D eigenvalue weighted by molar-refractivity contribution is -0.161. The number of amides is 2. The van der Waals surface area contributed by atoms with E-state index in [1.165, 1.54) is 41.4 Å². The maximum Gasteiger partial charge on any atom is 0.416 e. The number of hydrogen-bond acceptors (Lipinski definition) is 6. The molecule has 50 heavy (non-hydrogen) atoms. The first kappa shape index (κ1) is 35.2. The number of hydrogen-bond donors (Lipinski definition) is 1. The summed E-state index contributed by atoms with van der Waals surface area (Å²) in [5.74, 6) is -2.52. The predicted octanol–water partition coefficient (Wildman–Crippen LogP) is 6.05. The minimum Gasteiger partial charge on any atom is -0.457 e. The molecule has 2 aliphatic heterocycles. The molecule has 0 spiro atoms. The average Bonchev–Trinajstić information content (AvgIpc) is 3.50. The van der Waals surface area contributed by atoms with Crippen LogP contribution in [0.4, 0.5) is 26.3 Å². The summed E-state index contributed by atoms with van der Waals surface area (Å²) in [7, 11) is 5.14. The van der Waals surface area contributed by atoms with Crippen molar-refractivity contribution in [3.63, 3.8) is 0 Å². The van der Waals surface area contributed by atoms with E-state index in [1.807, 2.05) is 11.9 Å². The van der Waals surface area contributed by atoms with E-state index >= 15 is 0 Å². The smallest absolute Gasteiger partial charge is 0.416 e. The van der Waals surface area contributed by atoms with Crippen molar-refractivity contribution < 1.29 is 40.7 Å². The maximum absolute atomic E-state index is 14.3. The van der Waals surface area contributed by atoms with Gasteiger partial charge in [-0.15, -0.1) is 0 Å². The number of aromatic nitrogens is 2. The molecule has 4 heterocycles. The number of carbonyl (C=O) groups excluding carboxylic acids is 2. The van der Waals surface area contributed by atoms with Crippen LogP contribution in [0.3, 0.4) is 0 Å². The predicted molar refractivity (Wildman–Crippen MR) is 173 cm³/mol. The first-order chi connectivity index (χ1) is 23.6. The second-order valence-electron chi connectivity index (χ2n) is 13.0. The standard InChI is InChI=1S/C35H36F6N6O3/c1-44(2)33(49)29-17-26-30(8-9-42-32(26)43-29)50-24-6-7-25-23(16-24)19-47(20-28(25)35(39,40)41)31(48)15-21-4-5-22(27(14-21)34(36,37)38)18-46-12-10-45(3)11-13-46/h4-9,14,16-17,28H,10-13,15,18-20H2,1-3H3,(H,42,43). The number of halogens is 6. The molecule has 1 fully saturated rings. The van der Waals surface area contributed by atoms with Crippen molar-refractivity contribution in [3.8, 4) is 11.5 Å². The van der Waals surface area contributed by atoms with Gasteiger partial charge >= 0.3 is 12.4 Å². The first-order valence-corrected chi connectivity index (χ1v) is 16.0. The number of likely N-dealkylation sites (N-methyl/N-ethyl adjacent to an activating group) is 1. The molecule has 9 nitrogen and oxygen atoms in total. The van der Waals surface area contributed by atoms with Gasteiger partial charge in [0.15, 0.2) is 0 Å². The molecule has 2 aliphatic rings. The summed E-state index contributed by atoms with van der Waals surface area (Å²) in [4.78, 5) is 39.5. The van der Waals surface area contributed by atoms with E-state index in [2.05, 4.69) is 14.9 Å². The number of rotatable bonds is 7. The Balaban J connectivity index is 1.23. The zero-order valence-corrected chi connectivity index (χ0v) is 27.7. The molecule has 2 aromatic carbocycles. The van der Waals surface area contributed by atoms with Crippen molar-refractivity contribution in [2.45, 2.75) is 37.8 Å². The number of nitrogens with zero attached hydrogens (tertiary/aromatic N) is 5. The SMILES string of the molecule is CN1CCN(Cc2ccc(CC(=O)N3Cc4cc(Oc5ccnc6[nH]c(C(=O)N(C)C)cc56)ccc4C(C(F)(F)F)C3)cc2C(F)(F)F)CC1. The molecule has 2 aromatic heterocycles. The van der Waals surface area contributed by atoms with Gasteiger partial charge in [-0.1, -0.05) is 18.2 Å². The van der Waals surface area contributed by atoms with Crippen LogP contribution in [-0.4, -0.2) is 101 Å². The van der Waals surface area contributed by atoms with Crippen LogP contribution in [0.25, 0.3) is 11.0 Å². The maximum atomic E-state index is 14.3. The van der Waals surface area contributed by atoms with Crippen molar-refractivity contribution in [2.75, 3.05) is 53.9 Å². The Bertz CT molecular complexity index is 1900.